The van der Waals surface area contributed by atoms with E-state index in [1.807, 2.05) is 18.0 Å². The predicted molar refractivity (Wildman–Crippen MR) is 111 cm³/mol. The molecular formula is C17H26BrFIN3O. The van der Waals surface area contributed by atoms with Crippen LogP contribution in [-0.2, 0) is 11.2 Å². The standard InChI is InChI=1S/C17H25BrFN3O.HI/c1-20-17(22(2)9-10-23-12-13-3-4-13)21-8-7-14-11-15(18)5-6-16(14)19;/h5-6,11,13H,3-4,7-10,12H2,1-2H3,(H,20,21);1H. The number of rotatable bonds is 8. The molecule has 1 aliphatic carbocycles. The molecule has 1 aromatic carbocycles. The summed E-state index contributed by atoms with van der Waals surface area (Å²) in [6.07, 6.45) is 3.23. The molecule has 0 atom stereocenters. The van der Waals surface area contributed by atoms with Gasteiger partial charge >= 0.3 is 0 Å². The highest BCUT2D eigenvalue weighted by Gasteiger charge is 2.21. The second-order valence-corrected chi connectivity index (χ2v) is 6.82. The van der Waals surface area contributed by atoms with Crippen LogP contribution in [0.25, 0.3) is 0 Å². The fraction of sp³-hybridized carbons (Fsp3) is 0.588. The molecule has 1 N–H and O–H groups in total. The summed E-state index contributed by atoms with van der Waals surface area (Å²) >= 11 is 3.37. The Labute approximate surface area is 169 Å². The molecule has 2 rings (SSSR count). The van der Waals surface area contributed by atoms with Gasteiger partial charge in [-0.3, -0.25) is 4.99 Å². The fourth-order valence-corrected chi connectivity index (χ4v) is 2.68. The van der Waals surface area contributed by atoms with Gasteiger partial charge in [-0.05, 0) is 48.9 Å². The van der Waals surface area contributed by atoms with Crippen molar-refractivity contribution in [3.05, 3.63) is 34.1 Å². The minimum absolute atomic E-state index is 0. The zero-order valence-corrected chi connectivity index (χ0v) is 18.1. The largest absolute Gasteiger partial charge is 0.379 e. The van der Waals surface area contributed by atoms with Crippen molar-refractivity contribution in [3.8, 4) is 0 Å². The van der Waals surface area contributed by atoms with Crippen molar-refractivity contribution in [1.82, 2.24) is 10.2 Å². The van der Waals surface area contributed by atoms with Crippen LogP contribution in [-0.4, -0.2) is 51.3 Å². The van der Waals surface area contributed by atoms with Crippen LogP contribution in [0.1, 0.15) is 18.4 Å². The number of guanidine groups is 1. The number of aliphatic imine (C=N–C) groups is 1. The third-order valence-electron chi connectivity index (χ3n) is 3.88. The van der Waals surface area contributed by atoms with Crippen LogP contribution >= 0.6 is 39.9 Å². The summed E-state index contributed by atoms with van der Waals surface area (Å²) < 4.78 is 20.2. The van der Waals surface area contributed by atoms with Gasteiger partial charge < -0.3 is 15.0 Å². The quantitative estimate of drug-likeness (QED) is 0.249. The van der Waals surface area contributed by atoms with Crippen LogP contribution in [0.2, 0.25) is 0 Å². The van der Waals surface area contributed by atoms with Gasteiger partial charge in [-0.15, -0.1) is 24.0 Å². The lowest BCUT2D eigenvalue weighted by Crippen LogP contribution is -2.41. The van der Waals surface area contributed by atoms with Crippen molar-refractivity contribution < 1.29 is 9.13 Å². The lowest BCUT2D eigenvalue weighted by molar-refractivity contribution is 0.115. The van der Waals surface area contributed by atoms with Crippen LogP contribution in [0.3, 0.4) is 0 Å². The highest BCUT2D eigenvalue weighted by Crippen LogP contribution is 2.28. The minimum atomic E-state index is -0.174. The molecule has 0 radical (unpaired) electrons. The molecule has 24 heavy (non-hydrogen) atoms. The number of halogens is 3. The van der Waals surface area contributed by atoms with E-state index >= 15 is 0 Å². The van der Waals surface area contributed by atoms with E-state index in [-0.39, 0.29) is 29.8 Å². The molecule has 4 nitrogen and oxygen atoms in total. The Morgan fingerprint density at radius 3 is 2.88 bits per heavy atom. The van der Waals surface area contributed by atoms with Crippen molar-refractivity contribution in [2.75, 3.05) is 40.4 Å². The smallest absolute Gasteiger partial charge is 0.193 e. The normalized spacial score (nSPS) is 14.2. The number of hydrogen-bond donors (Lipinski definition) is 1. The fourth-order valence-electron chi connectivity index (χ4n) is 2.27. The van der Waals surface area contributed by atoms with Crippen LogP contribution in [0.4, 0.5) is 4.39 Å². The summed E-state index contributed by atoms with van der Waals surface area (Å²) in [7, 11) is 3.74. The van der Waals surface area contributed by atoms with E-state index in [4.69, 9.17) is 4.74 Å². The second-order valence-electron chi connectivity index (χ2n) is 5.90. The SMILES string of the molecule is CN=C(NCCc1cc(Br)ccc1F)N(C)CCOCC1CC1.I. The molecule has 136 valence electrons. The van der Waals surface area contributed by atoms with E-state index in [0.717, 1.165) is 29.5 Å². The van der Waals surface area contributed by atoms with E-state index in [0.29, 0.717) is 25.1 Å². The van der Waals surface area contributed by atoms with Crippen LogP contribution < -0.4 is 5.32 Å². The average Bonchev–Trinajstić information content (AvgIpc) is 3.35. The van der Waals surface area contributed by atoms with Crippen molar-refractivity contribution in [2.45, 2.75) is 19.3 Å². The van der Waals surface area contributed by atoms with Gasteiger partial charge in [0.2, 0.25) is 0 Å². The van der Waals surface area contributed by atoms with Crippen molar-refractivity contribution >= 4 is 45.9 Å². The van der Waals surface area contributed by atoms with E-state index in [9.17, 15) is 4.39 Å². The van der Waals surface area contributed by atoms with E-state index < -0.39 is 0 Å². The number of nitrogens with zero attached hydrogens (tertiary/aromatic N) is 2. The maximum absolute atomic E-state index is 13.7. The van der Waals surface area contributed by atoms with Crippen molar-refractivity contribution in [2.24, 2.45) is 10.9 Å². The summed E-state index contributed by atoms with van der Waals surface area (Å²) in [6, 6.07) is 5.01. The Hall–Kier alpha value is -0.410. The van der Waals surface area contributed by atoms with E-state index in [1.54, 1.807) is 13.1 Å². The van der Waals surface area contributed by atoms with Gasteiger partial charge in [-0.2, -0.15) is 0 Å². The van der Waals surface area contributed by atoms with Gasteiger partial charge in [-0.1, -0.05) is 15.9 Å². The molecular weight excluding hydrogens is 488 g/mol. The van der Waals surface area contributed by atoms with Crippen LogP contribution in [0.5, 0.6) is 0 Å². The average molecular weight is 514 g/mol. The number of ether oxygens (including phenoxy) is 1. The Kier molecular flexibility index (Phi) is 10.1. The molecule has 0 unspecified atom stereocenters. The Balaban J connectivity index is 0.00000288. The highest BCUT2D eigenvalue weighted by molar-refractivity contribution is 14.0. The summed E-state index contributed by atoms with van der Waals surface area (Å²) in [5.41, 5.74) is 0.692. The molecule has 1 fully saturated rings. The molecule has 1 aliphatic rings. The molecule has 1 saturated carbocycles. The van der Waals surface area contributed by atoms with E-state index in [2.05, 4.69) is 26.2 Å². The van der Waals surface area contributed by atoms with Gasteiger partial charge in [0.1, 0.15) is 5.82 Å². The molecule has 1 aromatic rings. The number of likely N-dealkylation sites (N-methyl/N-ethyl adjacent to an activating group) is 1. The Morgan fingerprint density at radius 1 is 1.46 bits per heavy atom. The van der Waals surface area contributed by atoms with Gasteiger partial charge in [0.15, 0.2) is 5.96 Å². The number of nitrogens with one attached hydrogen (secondary N) is 1. The van der Waals surface area contributed by atoms with Gasteiger partial charge in [0, 0.05) is 38.3 Å². The zero-order chi connectivity index (χ0) is 16.7. The predicted octanol–water partition coefficient (Wildman–Crippen LogP) is 3.68. The highest BCUT2D eigenvalue weighted by atomic mass is 127. The third-order valence-corrected chi connectivity index (χ3v) is 4.37. The molecule has 0 bridgehead atoms. The maximum atomic E-state index is 13.7. The van der Waals surface area contributed by atoms with Gasteiger partial charge in [0.25, 0.3) is 0 Å². The topological polar surface area (TPSA) is 36.9 Å². The first kappa shape index (κ1) is 21.6. The summed E-state index contributed by atoms with van der Waals surface area (Å²) in [5.74, 6) is 1.42. The summed E-state index contributed by atoms with van der Waals surface area (Å²) in [5, 5.41) is 3.26. The minimum Gasteiger partial charge on any atom is -0.379 e. The number of hydrogen-bond acceptors (Lipinski definition) is 2. The van der Waals surface area contributed by atoms with Gasteiger partial charge in [-0.25, -0.2) is 4.39 Å². The van der Waals surface area contributed by atoms with Crippen molar-refractivity contribution in [1.29, 1.82) is 0 Å². The first-order valence-electron chi connectivity index (χ1n) is 8.03. The van der Waals surface area contributed by atoms with Crippen LogP contribution in [0, 0.1) is 11.7 Å². The Bertz CT molecular complexity index is 541. The summed E-state index contributed by atoms with van der Waals surface area (Å²) in [6.45, 7) is 3.00. The first-order chi connectivity index (χ1) is 11.1. The lowest BCUT2D eigenvalue weighted by atomic mass is 10.1. The number of benzene rings is 1. The third kappa shape index (κ3) is 7.65. The molecule has 7 heteroatoms. The van der Waals surface area contributed by atoms with E-state index in [1.165, 1.54) is 18.9 Å². The van der Waals surface area contributed by atoms with Crippen molar-refractivity contribution in [3.63, 3.8) is 0 Å². The lowest BCUT2D eigenvalue weighted by Gasteiger charge is -2.22. The van der Waals surface area contributed by atoms with Crippen LogP contribution in [0.15, 0.2) is 27.7 Å². The molecule has 0 saturated heterocycles. The zero-order valence-electron chi connectivity index (χ0n) is 14.2. The second kappa shape index (κ2) is 11.3. The molecule has 0 heterocycles. The van der Waals surface area contributed by atoms with Gasteiger partial charge in [0.05, 0.1) is 6.61 Å². The molecule has 0 spiro atoms. The Morgan fingerprint density at radius 2 is 2.21 bits per heavy atom. The molecule has 0 amide bonds. The monoisotopic (exact) mass is 513 g/mol. The maximum Gasteiger partial charge on any atom is 0.193 e. The molecule has 0 aliphatic heterocycles. The molecule has 0 aromatic heterocycles. The first-order valence-corrected chi connectivity index (χ1v) is 8.83. The summed E-state index contributed by atoms with van der Waals surface area (Å²) in [4.78, 5) is 6.29.